The van der Waals surface area contributed by atoms with E-state index in [1.807, 2.05) is 18.2 Å². The van der Waals surface area contributed by atoms with E-state index in [0.29, 0.717) is 5.57 Å². The maximum absolute atomic E-state index is 11.8. The quantitative estimate of drug-likeness (QED) is 0.747. The van der Waals surface area contributed by atoms with Crippen LogP contribution in [-0.4, -0.2) is 35.0 Å². The number of amides is 2. The lowest BCUT2D eigenvalue weighted by Gasteiger charge is -2.12. The Labute approximate surface area is 92.8 Å². The summed E-state index contributed by atoms with van der Waals surface area (Å²) in [6, 6.07) is 9.01. The summed E-state index contributed by atoms with van der Waals surface area (Å²) < 4.78 is 0. The van der Waals surface area contributed by atoms with Crippen LogP contribution in [0.2, 0.25) is 0 Å². The van der Waals surface area contributed by atoms with E-state index >= 15 is 0 Å². The number of hydrogen-bond donors (Lipinski definition) is 1. The highest BCUT2D eigenvalue weighted by Crippen LogP contribution is 2.22. The molecule has 16 heavy (non-hydrogen) atoms. The largest absolute Gasteiger partial charge is 0.395 e. The monoisotopic (exact) mass is 217 g/mol. The zero-order valence-electron chi connectivity index (χ0n) is 8.59. The number of carbonyl (C=O) groups is 2. The Kier molecular flexibility index (Phi) is 2.83. The summed E-state index contributed by atoms with van der Waals surface area (Å²) in [4.78, 5) is 24.4. The van der Waals surface area contributed by atoms with E-state index in [2.05, 4.69) is 0 Å². The molecule has 0 saturated carbocycles. The molecule has 1 aromatic rings. The Morgan fingerprint density at radius 1 is 1.12 bits per heavy atom. The standard InChI is InChI=1S/C12H11NO3/c14-7-6-13-11(15)8-10(12(13)16)9-4-2-1-3-5-9/h1-5,8,14H,6-7H2. The van der Waals surface area contributed by atoms with Gasteiger partial charge in [0.15, 0.2) is 0 Å². The van der Waals surface area contributed by atoms with Crippen LogP contribution >= 0.6 is 0 Å². The Morgan fingerprint density at radius 2 is 1.81 bits per heavy atom. The molecule has 1 aliphatic heterocycles. The Hall–Kier alpha value is -1.94. The molecule has 0 aliphatic carbocycles. The molecule has 1 aromatic carbocycles. The molecule has 0 bridgehead atoms. The third-order valence-electron chi connectivity index (χ3n) is 2.42. The molecule has 0 aromatic heterocycles. The molecule has 0 fully saturated rings. The second-order valence-electron chi connectivity index (χ2n) is 3.44. The second kappa shape index (κ2) is 4.28. The molecule has 1 N–H and O–H groups in total. The summed E-state index contributed by atoms with van der Waals surface area (Å²) in [5.74, 6) is -0.705. The van der Waals surface area contributed by atoms with Crippen molar-refractivity contribution in [3.63, 3.8) is 0 Å². The highest BCUT2D eigenvalue weighted by atomic mass is 16.3. The molecule has 0 atom stereocenters. The molecule has 0 unspecified atom stereocenters. The van der Waals surface area contributed by atoms with Crippen LogP contribution in [0, 0.1) is 0 Å². The van der Waals surface area contributed by atoms with E-state index in [9.17, 15) is 9.59 Å². The number of aliphatic hydroxyl groups excluding tert-OH is 1. The van der Waals surface area contributed by atoms with Gasteiger partial charge in [-0.25, -0.2) is 0 Å². The molecular formula is C12H11NO3. The molecule has 1 aliphatic rings. The van der Waals surface area contributed by atoms with Crippen LogP contribution < -0.4 is 0 Å². The second-order valence-corrected chi connectivity index (χ2v) is 3.44. The number of aliphatic hydroxyl groups is 1. The number of nitrogens with zero attached hydrogens (tertiary/aromatic N) is 1. The van der Waals surface area contributed by atoms with Gasteiger partial charge < -0.3 is 5.11 Å². The van der Waals surface area contributed by atoms with Crippen molar-refractivity contribution in [2.24, 2.45) is 0 Å². The molecule has 0 saturated heterocycles. The number of imide groups is 1. The number of carbonyl (C=O) groups excluding carboxylic acids is 2. The first-order valence-electron chi connectivity index (χ1n) is 4.98. The van der Waals surface area contributed by atoms with Gasteiger partial charge in [-0.2, -0.15) is 0 Å². The van der Waals surface area contributed by atoms with E-state index in [1.165, 1.54) is 6.08 Å². The van der Waals surface area contributed by atoms with E-state index in [-0.39, 0.29) is 25.0 Å². The lowest BCUT2D eigenvalue weighted by Crippen LogP contribution is -2.33. The lowest BCUT2D eigenvalue weighted by atomic mass is 10.1. The van der Waals surface area contributed by atoms with Gasteiger partial charge in [-0.3, -0.25) is 14.5 Å². The molecule has 2 amide bonds. The zero-order chi connectivity index (χ0) is 11.5. The number of hydrogen-bond acceptors (Lipinski definition) is 3. The van der Waals surface area contributed by atoms with Crippen molar-refractivity contribution in [2.45, 2.75) is 0 Å². The third-order valence-corrected chi connectivity index (χ3v) is 2.42. The smallest absolute Gasteiger partial charge is 0.261 e. The summed E-state index contributed by atoms with van der Waals surface area (Å²) in [5.41, 5.74) is 1.11. The van der Waals surface area contributed by atoms with E-state index < -0.39 is 0 Å². The van der Waals surface area contributed by atoms with Gasteiger partial charge in [0.2, 0.25) is 0 Å². The predicted molar refractivity (Wildman–Crippen MR) is 58.2 cm³/mol. The normalized spacial score (nSPS) is 15.6. The molecule has 82 valence electrons. The van der Waals surface area contributed by atoms with Crippen molar-refractivity contribution >= 4 is 17.4 Å². The number of rotatable bonds is 3. The molecule has 4 heteroatoms. The van der Waals surface area contributed by atoms with Crippen molar-refractivity contribution in [1.82, 2.24) is 4.90 Å². The summed E-state index contributed by atoms with van der Waals surface area (Å²) in [6.07, 6.45) is 1.31. The van der Waals surface area contributed by atoms with E-state index in [1.54, 1.807) is 12.1 Å². The fourth-order valence-electron chi connectivity index (χ4n) is 1.64. The molecule has 4 nitrogen and oxygen atoms in total. The van der Waals surface area contributed by atoms with Crippen molar-refractivity contribution < 1.29 is 14.7 Å². The van der Waals surface area contributed by atoms with Crippen LogP contribution in [0.25, 0.3) is 5.57 Å². The van der Waals surface area contributed by atoms with Gasteiger partial charge in [0.1, 0.15) is 0 Å². The highest BCUT2D eigenvalue weighted by molar-refractivity contribution is 6.33. The topological polar surface area (TPSA) is 57.6 Å². The summed E-state index contributed by atoms with van der Waals surface area (Å²) in [6.45, 7) is -0.169. The van der Waals surface area contributed by atoms with Gasteiger partial charge in [0.05, 0.1) is 18.7 Å². The van der Waals surface area contributed by atoms with Gasteiger partial charge in [-0.05, 0) is 5.56 Å². The van der Waals surface area contributed by atoms with Crippen LogP contribution in [0.3, 0.4) is 0 Å². The van der Waals surface area contributed by atoms with Crippen molar-refractivity contribution in [3.05, 3.63) is 42.0 Å². The Balaban J connectivity index is 2.29. The van der Waals surface area contributed by atoms with Gasteiger partial charge in [-0.1, -0.05) is 30.3 Å². The number of benzene rings is 1. The molecular weight excluding hydrogens is 206 g/mol. The van der Waals surface area contributed by atoms with Crippen LogP contribution in [0.15, 0.2) is 36.4 Å². The summed E-state index contributed by atoms with van der Waals surface area (Å²) in [5, 5.41) is 8.75. The molecule has 1 heterocycles. The Bertz CT molecular complexity index is 451. The van der Waals surface area contributed by atoms with Crippen LogP contribution in [0.4, 0.5) is 0 Å². The average molecular weight is 217 g/mol. The first-order chi connectivity index (χ1) is 7.74. The fourth-order valence-corrected chi connectivity index (χ4v) is 1.64. The zero-order valence-corrected chi connectivity index (χ0v) is 8.59. The molecule has 0 spiro atoms. The summed E-state index contributed by atoms with van der Waals surface area (Å²) >= 11 is 0. The molecule has 2 rings (SSSR count). The minimum atomic E-state index is -0.363. The van der Waals surface area contributed by atoms with E-state index in [4.69, 9.17) is 5.11 Å². The average Bonchev–Trinajstić information content (AvgIpc) is 2.59. The molecule has 0 radical (unpaired) electrons. The van der Waals surface area contributed by atoms with Crippen molar-refractivity contribution in [3.8, 4) is 0 Å². The van der Waals surface area contributed by atoms with Crippen molar-refractivity contribution in [2.75, 3.05) is 13.2 Å². The fraction of sp³-hybridized carbons (Fsp3) is 0.167. The first-order valence-corrected chi connectivity index (χ1v) is 4.98. The first kappa shape index (κ1) is 10.6. The van der Waals surface area contributed by atoms with Gasteiger partial charge in [0, 0.05) is 6.08 Å². The van der Waals surface area contributed by atoms with Crippen LogP contribution in [-0.2, 0) is 9.59 Å². The van der Waals surface area contributed by atoms with E-state index in [0.717, 1.165) is 10.5 Å². The minimum Gasteiger partial charge on any atom is -0.395 e. The van der Waals surface area contributed by atoms with Crippen LogP contribution in [0.5, 0.6) is 0 Å². The highest BCUT2D eigenvalue weighted by Gasteiger charge is 2.30. The van der Waals surface area contributed by atoms with Crippen LogP contribution in [0.1, 0.15) is 5.56 Å². The maximum Gasteiger partial charge on any atom is 0.261 e. The predicted octanol–water partition coefficient (Wildman–Crippen LogP) is 0.431. The lowest BCUT2D eigenvalue weighted by molar-refractivity contribution is -0.136. The maximum atomic E-state index is 11.8. The number of β-amino-alcohol motifs (C(OH)–C–C–N with tert-alkyl or cyclic N) is 1. The SMILES string of the molecule is O=C1C=C(c2ccccc2)C(=O)N1CCO. The van der Waals surface area contributed by atoms with Gasteiger partial charge in [-0.15, -0.1) is 0 Å². The van der Waals surface area contributed by atoms with Gasteiger partial charge in [0.25, 0.3) is 11.8 Å². The third kappa shape index (κ3) is 1.75. The summed E-state index contributed by atoms with van der Waals surface area (Å²) in [7, 11) is 0. The minimum absolute atomic E-state index is 0.0461. The van der Waals surface area contributed by atoms with Crippen molar-refractivity contribution in [1.29, 1.82) is 0 Å². The van der Waals surface area contributed by atoms with Gasteiger partial charge >= 0.3 is 0 Å². The Morgan fingerprint density at radius 3 is 2.44 bits per heavy atom.